The molecule has 1 saturated heterocycles. The lowest BCUT2D eigenvalue weighted by molar-refractivity contribution is 0.0778. The number of amides is 1. The minimum atomic E-state index is -0.102. The van der Waals surface area contributed by atoms with Crippen molar-refractivity contribution in [3.63, 3.8) is 0 Å². The van der Waals surface area contributed by atoms with Crippen molar-refractivity contribution >= 4 is 5.91 Å². The number of piperazine rings is 1. The molecule has 1 aliphatic heterocycles. The fourth-order valence-corrected chi connectivity index (χ4v) is 5.64. The van der Waals surface area contributed by atoms with Crippen LogP contribution in [0.4, 0.5) is 0 Å². The zero-order valence-electron chi connectivity index (χ0n) is 18.7. The van der Waals surface area contributed by atoms with Crippen LogP contribution in [0.3, 0.4) is 0 Å². The number of nitrogens with zero attached hydrogens (tertiary/aromatic N) is 3. The van der Waals surface area contributed by atoms with Crippen molar-refractivity contribution in [2.24, 2.45) is 0 Å². The van der Waals surface area contributed by atoms with Gasteiger partial charge in [0, 0.05) is 56.3 Å². The number of carbonyl (C=O) groups excluding carboxylic acids is 1. The summed E-state index contributed by atoms with van der Waals surface area (Å²) in [6, 6.07) is 0.829. The molecule has 1 amide bonds. The lowest BCUT2D eigenvalue weighted by Crippen LogP contribution is -2.51. The van der Waals surface area contributed by atoms with E-state index >= 15 is 0 Å². The molecule has 7 nitrogen and oxygen atoms in total. The summed E-state index contributed by atoms with van der Waals surface area (Å²) >= 11 is 0. The van der Waals surface area contributed by atoms with Gasteiger partial charge in [-0.3, -0.25) is 14.8 Å². The van der Waals surface area contributed by atoms with E-state index in [4.69, 9.17) is 4.42 Å². The van der Waals surface area contributed by atoms with Gasteiger partial charge in [0.2, 0.25) is 0 Å². The molecule has 1 saturated carbocycles. The number of H-pyrrole nitrogens is 1. The maximum absolute atomic E-state index is 12.8. The summed E-state index contributed by atoms with van der Waals surface area (Å²) in [5.74, 6) is 1.25. The Balaban J connectivity index is 1.07. The fraction of sp³-hybridized carbons (Fsp3) is 0.667. The van der Waals surface area contributed by atoms with Gasteiger partial charge < -0.3 is 14.6 Å². The topological polar surface area (TPSA) is 77.4 Å². The van der Waals surface area contributed by atoms with Crippen molar-refractivity contribution in [1.82, 2.24) is 25.3 Å². The summed E-state index contributed by atoms with van der Waals surface area (Å²) in [6.07, 6.45) is 11.6. The average Bonchev–Trinajstić information content (AvgIpc) is 3.42. The first kappa shape index (κ1) is 20.8. The van der Waals surface area contributed by atoms with Gasteiger partial charge in [-0.25, -0.2) is 0 Å². The molecule has 3 heterocycles. The molecule has 2 fully saturated rings. The van der Waals surface area contributed by atoms with E-state index in [1.807, 2.05) is 13.1 Å². The lowest BCUT2D eigenvalue weighted by atomic mass is 9.93. The van der Waals surface area contributed by atoms with Crippen LogP contribution in [0.1, 0.15) is 66.0 Å². The molecule has 5 rings (SSSR count). The Labute approximate surface area is 184 Å². The zero-order chi connectivity index (χ0) is 21.2. The number of carbonyl (C=O) groups is 1. The third kappa shape index (κ3) is 4.30. The fourth-order valence-electron chi connectivity index (χ4n) is 5.64. The molecule has 7 heteroatoms. The van der Waals surface area contributed by atoms with Crippen molar-refractivity contribution in [1.29, 1.82) is 0 Å². The van der Waals surface area contributed by atoms with Crippen molar-refractivity contribution < 1.29 is 9.21 Å². The largest absolute Gasteiger partial charge is 0.455 e. The van der Waals surface area contributed by atoms with Crippen molar-refractivity contribution in [2.45, 2.75) is 64.3 Å². The van der Waals surface area contributed by atoms with Crippen LogP contribution in [0.25, 0.3) is 11.3 Å². The molecule has 2 aliphatic carbocycles. The number of hydrogen-bond donors (Lipinski definition) is 2. The second-order valence-electron chi connectivity index (χ2n) is 9.40. The van der Waals surface area contributed by atoms with E-state index in [-0.39, 0.29) is 5.91 Å². The second kappa shape index (κ2) is 9.17. The SMILES string of the molecule is Cc1c(C(=O)NCCCN2CCN(C3CCCCC3)CC2)oc2c1-c1[nH]ncc1CC2. The van der Waals surface area contributed by atoms with Crippen molar-refractivity contribution in [3.8, 4) is 11.3 Å². The van der Waals surface area contributed by atoms with E-state index in [0.717, 1.165) is 67.5 Å². The molecule has 0 spiro atoms. The molecule has 0 radical (unpaired) electrons. The number of nitrogens with one attached hydrogen (secondary N) is 2. The summed E-state index contributed by atoms with van der Waals surface area (Å²) in [6.45, 7) is 8.40. The van der Waals surface area contributed by atoms with Crippen LogP contribution >= 0.6 is 0 Å². The minimum Gasteiger partial charge on any atom is -0.455 e. The van der Waals surface area contributed by atoms with Crippen LogP contribution in [-0.4, -0.2) is 71.2 Å². The molecule has 2 aromatic rings. The first-order valence-corrected chi connectivity index (χ1v) is 12.1. The minimum absolute atomic E-state index is 0.102. The van der Waals surface area contributed by atoms with Crippen LogP contribution in [0.2, 0.25) is 0 Å². The van der Waals surface area contributed by atoms with E-state index in [9.17, 15) is 4.79 Å². The monoisotopic (exact) mass is 425 g/mol. The number of aromatic nitrogens is 2. The van der Waals surface area contributed by atoms with Gasteiger partial charge in [-0.2, -0.15) is 5.10 Å². The summed E-state index contributed by atoms with van der Waals surface area (Å²) in [5, 5.41) is 10.3. The van der Waals surface area contributed by atoms with E-state index in [1.165, 1.54) is 50.8 Å². The number of aryl methyl sites for hydroxylation is 2. The third-order valence-electron chi connectivity index (χ3n) is 7.45. The van der Waals surface area contributed by atoms with Crippen molar-refractivity contribution in [2.75, 3.05) is 39.3 Å². The Kier molecular flexibility index (Phi) is 6.14. The smallest absolute Gasteiger partial charge is 0.287 e. The van der Waals surface area contributed by atoms with Gasteiger partial charge >= 0.3 is 0 Å². The van der Waals surface area contributed by atoms with Crippen LogP contribution in [0.5, 0.6) is 0 Å². The number of furan rings is 1. The molecular formula is C24H35N5O2. The Morgan fingerprint density at radius 2 is 2.00 bits per heavy atom. The predicted molar refractivity (Wildman–Crippen MR) is 120 cm³/mol. The molecule has 0 unspecified atom stereocenters. The highest BCUT2D eigenvalue weighted by atomic mass is 16.4. The molecule has 168 valence electrons. The van der Waals surface area contributed by atoms with Gasteiger partial charge in [-0.1, -0.05) is 19.3 Å². The molecule has 3 aliphatic rings. The summed E-state index contributed by atoms with van der Waals surface area (Å²) in [5.41, 5.74) is 4.15. The molecule has 0 aromatic carbocycles. The molecule has 2 N–H and O–H groups in total. The second-order valence-corrected chi connectivity index (χ2v) is 9.40. The highest BCUT2D eigenvalue weighted by Crippen LogP contribution is 2.37. The predicted octanol–water partition coefficient (Wildman–Crippen LogP) is 3.15. The first-order chi connectivity index (χ1) is 15.2. The van der Waals surface area contributed by atoms with E-state index in [2.05, 4.69) is 25.3 Å². The summed E-state index contributed by atoms with van der Waals surface area (Å²) < 4.78 is 5.97. The highest BCUT2D eigenvalue weighted by molar-refractivity contribution is 5.95. The van der Waals surface area contributed by atoms with Gasteiger partial charge in [-0.05, 0) is 44.7 Å². The Bertz CT molecular complexity index is 903. The lowest BCUT2D eigenvalue weighted by Gasteiger charge is -2.40. The molecule has 2 aromatic heterocycles. The van der Waals surface area contributed by atoms with Crippen LogP contribution in [0.15, 0.2) is 10.6 Å². The maximum Gasteiger partial charge on any atom is 0.287 e. The number of hydrogen-bond acceptors (Lipinski definition) is 5. The average molecular weight is 426 g/mol. The Morgan fingerprint density at radius 3 is 2.81 bits per heavy atom. The molecule has 31 heavy (non-hydrogen) atoms. The molecular weight excluding hydrogens is 390 g/mol. The van der Waals surface area contributed by atoms with Crippen molar-refractivity contribution in [3.05, 3.63) is 28.8 Å². The Hall–Kier alpha value is -2.12. The van der Waals surface area contributed by atoms with Crippen LogP contribution < -0.4 is 5.32 Å². The zero-order valence-corrected chi connectivity index (χ0v) is 18.7. The summed E-state index contributed by atoms with van der Waals surface area (Å²) in [7, 11) is 0. The first-order valence-electron chi connectivity index (χ1n) is 12.1. The standard InChI is InChI=1S/C24H35N5O2/c1-17-21-20(9-8-18-16-26-27-22(18)21)31-23(17)24(30)25-10-5-11-28-12-14-29(15-13-28)19-6-3-2-4-7-19/h16,19H,2-15H2,1H3,(H,25,30)(H,26,27). The van der Waals surface area contributed by atoms with Crippen LogP contribution in [0, 0.1) is 6.92 Å². The summed E-state index contributed by atoms with van der Waals surface area (Å²) in [4.78, 5) is 18.0. The molecule has 0 bridgehead atoms. The highest BCUT2D eigenvalue weighted by Gasteiger charge is 2.28. The third-order valence-corrected chi connectivity index (χ3v) is 7.45. The van der Waals surface area contributed by atoms with Gasteiger partial charge in [0.25, 0.3) is 5.91 Å². The quantitative estimate of drug-likeness (QED) is 0.696. The van der Waals surface area contributed by atoms with E-state index in [1.54, 1.807) is 0 Å². The van der Waals surface area contributed by atoms with Gasteiger partial charge in [0.15, 0.2) is 5.76 Å². The van der Waals surface area contributed by atoms with Crippen LogP contribution in [-0.2, 0) is 12.8 Å². The van der Waals surface area contributed by atoms with E-state index < -0.39 is 0 Å². The van der Waals surface area contributed by atoms with Gasteiger partial charge in [-0.15, -0.1) is 0 Å². The van der Waals surface area contributed by atoms with Gasteiger partial charge in [0.1, 0.15) is 5.76 Å². The number of fused-ring (bicyclic) bond motifs is 3. The number of aromatic amines is 1. The van der Waals surface area contributed by atoms with E-state index in [0.29, 0.717) is 12.3 Å². The number of rotatable bonds is 6. The Morgan fingerprint density at radius 1 is 1.19 bits per heavy atom. The van der Waals surface area contributed by atoms with Gasteiger partial charge in [0.05, 0.1) is 11.9 Å². The normalized spacial score (nSPS) is 20.4. The maximum atomic E-state index is 12.8. The molecule has 0 atom stereocenters.